The second-order valence-electron chi connectivity index (χ2n) is 5.08. The van der Waals surface area contributed by atoms with Crippen molar-refractivity contribution in [3.05, 3.63) is 46.8 Å². The number of benzene rings is 1. The molecule has 0 aliphatic heterocycles. The van der Waals surface area contributed by atoms with Crippen molar-refractivity contribution in [2.75, 3.05) is 7.05 Å². The van der Waals surface area contributed by atoms with E-state index in [0.717, 1.165) is 23.4 Å². The normalized spacial score (nSPS) is 16.9. The first kappa shape index (κ1) is 11.5. The van der Waals surface area contributed by atoms with Crippen molar-refractivity contribution in [3.63, 3.8) is 0 Å². The van der Waals surface area contributed by atoms with Crippen molar-refractivity contribution in [1.82, 2.24) is 9.88 Å². The third-order valence-electron chi connectivity index (χ3n) is 3.84. The molecule has 1 aliphatic rings. The fourth-order valence-corrected chi connectivity index (χ4v) is 2.61. The van der Waals surface area contributed by atoms with E-state index in [1.165, 1.54) is 12.8 Å². The molecule has 3 nitrogen and oxygen atoms in total. The molecule has 0 bridgehead atoms. The second kappa shape index (κ2) is 4.58. The van der Waals surface area contributed by atoms with Gasteiger partial charge in [-0.3, -0.25) is 4.79 Å². The summed E-state index contributed by atoms with van der Waals surface area (Å²) in [6.45, 7) is 0.932. The molecule has 1 atom stereocenters. The average Bonchev–Trinajstić information content (AvgIpc) is 3.23. The zero-order valence-corrected chi connectivity index (χ0v) is 10.6. The Balaban J connectivity index is 2.01. The number of rotatable bonds is 4. The summed E-state index contributed by atoms with van der Waals surface area (Å²) < 4.78 is 2.19. The lowest BCUT2D eigenvalue weighted by Gasteiger charge is -2.19. The predicted molar refractivity (Wildman–Crippen MR) is 73.8 cm³/mol. The van der Waals surface area contributed by atoms with Crippen LogP contribution >= 0.6 is 0 Å². The summed E-state index contributed by atoms with van der Waals surface area (Å²) in [5.74, 6) is 0.799. The van der Waals surface area contributed by atoms with E-state index in [-0.39, 0.29) is 5.43 Å². The Hall–Kier alpha value is -1.61. The van der Waals surface area contributed by atoms with Crippen LogP contribution in [0.3, 0.4) is 0 Å². The summed E-state index contributed by atoms with van der Waals surface area (Å²) in [6.07, 6.45) is 4.56. The zero-order chi connectivity index (χ0) is 12.5. The van der Waals surface area contributed by atoms with Gasteiger partial charge in [-0.1, -0.05) is 12.1 Å². The van der Waals surface area contributed by atoms with Crippen LogP contribution in [0.1, 0.15) is 12.8 Å². The van der Waals surface area contributed by atoms with Gasteiger partial charge in [0.1, 0.15) is 0 Å². The van der Waals surface area contributed by atoms with Crippen LogP contribution in [0.2, 0.25) is 0 Å². The molecule has 0 amide bonds. The maximum Gasteiger partial charge on any atom is 0.189 e. The number of aromatic nitrogens is 1. The van der Waals surface area contributed by atoms with Crippen LogP contribution in [0.25, 0.3) is 10.9 Å². The van der Waals surface area contributed by atoms with Crippen LogP contribution in [0.15, 0.2) is 41.3 Å². The number of para-hydroxylation sites is 1. The molecule has 0 spiro atoms. The van der Waals surface area contributed by atoms with Crippen LogP contribution in [-0.2, 0) is 6.54 Å². The van der Waals surface area contributed by atoms with Gasteiger partial charge in [-0.25, -0.2) is 0 Å². The Kier molecular flexibility index (Phi) is 2.92. The van der Waals surface area contributed by atoms with E-state index in [2.05, 4.69) is 9.88 Å². The van der Waals surface area contributed by atoms with Crippen molar-refractivity contribution in [2.45, 2.75) is 25.4 Å². The highest BCUT2D eigenvalue weighted by Crippen LogP contribution is 2.33. The Morgan fingerprint density at radius 2 is 2.11 bits per heavy atom. The zero-order valence-electron chi connectivity index (χ0n) is 10.6. The van der Waals surface area contributed by atoms with E-state index in [9.17, 15) is 4.79 Å². The number of nitrogens with zero attached hydrogens (tertiary/aromatic N) is 1. The largest absolute Gasteiger partial charge is 0.346 e. The molecule has 1 fully saturated rings. The predicted octanol–water partition coefficient (Wildman–Crippen LogP) is 2.00. The molecular formula is C15H18N2O. The van der Waals surface area contributed by atoms with Crippen molar-refractivity contribution in [1.29, 1.82) is 0 Å². The lowest BCUT2D eigenvalue weighted by Crippen LogP contribution is -2.32. The van der Waals surface area contributed by atoms with Gasteiger partial charge < -0.3 is 9.88 Å². The highest BCUT2D eigenvalue weighted by Gasteiger charge is 2.30. The molecule has 1 unspecified atom stereocenters. The third-order valence-corrected chi connectivity index (χ3v) is 3.84. The molecule has 1 saturated carbocycles. The summed E-state index contributed by atoms with van der Waals surface area (Å²) in [6, 6.07) is 10.0. The van der Waals surface area contributed by atoms with Gasteiger partial charge in [0, 0.05) is 30.2 Å². The fraction of sp³-hybridized carbons (Fsp3) is 0.400. The molecule has 1 aliphatic carbocycles. The van der Waals surface area contributed by atoms with Crippen molar-refractivity contribution >= 4 is 10.9 Å². The Morgan fingerprint density at radius 3 is 2.83 bits per heavy atom. The van der Waals surface area contributed by atoms with Gasteiger partial charge in [-0.05, 0) is 37.9 Å². The summed E-state index contributed by atoms with van der Waals surface area (Å²) in [7, 11) is 2.02. The summed E-state index contributed by atoms with van der Waals surface area (Å²) in [4.78, 5) is 11.8. The maximum absolute atomic E-state index is 11.8. The standard InChI is InChI=1S/C15H18N2O/c1-16-13(11-6-7-11)10-17-9-8-15(18)12-4-2-3-5-14(12)17/h2-5,8-9,11,13,16H,6-7,10H2,1H3. The first-order valence-corrected chi connectivity index (χ1v) is 6.55. The average molecular weight is 242 g/mol. The van der Waals surface area contributed by atoms with Crippen LogP contribution in [0, 0.1) is 5.92 Å². The molecule has 3 rings (SSSR count). The monoisotopic (exact) mass is 242 g/mol. The number of pyridine rings is 1. The van der Waals surface area contributed by atoms with E-state index < -0.39 is 0 Å². The minimum absolute atomic E-state index is 0.106. The minimum atomic E-state index is 0.106. The molecule has 0 saturated heterocycles. The van der Waals surface area contributed by atoms with E-state index in [4.69, 9.17) is 0 Å². The van der Waals surface area contributed by atoms with Gasteiger partial charge in [-0.15, -0.1) is 0 Å². The molecule has 0 radical (unpaired) electrons. The van der Waals surface area contributed by atoms with Gasteiger partial charge in [0.15, 0.2) is 5.43 Å². The molecule has 18 heavy (non-hydrogen) atoms. The Labute approximate surface area is 106 Å². The van der Waals surface area contributed by atoms with Gasteiger partial charge in [-0.2, -0.15) is 0 Å². The molecule has 94 valence electrons. The molecule has 1 heterocycles. The highest BCUT2D eigenvalue weighted by molar-refractivity contribution is 5.78. The lowest BCUT2D eigenvalue weighted by atomic mass is 10.1. The van der Waals surface area contributed by atoms with E-state index in [1.54, 1.807) is 6.07 Å². The van der Waals surface area contributed by atoms with Crippen molar-refractivity contribution < 1.29 is 0 Å². The first-order valence-electron chi connectivity index (χ1n) is 6.55. The topological polar surface area (TPSA) is 34.0 Å². The number of hydrogen-bond donors (Lipinski definition) is 1. The molecule has 1 aromatic carbocycles. The second-order valence-corrected chi connectivity index (χ2v) is 5.08. The van der Waals surface area contributed by atoms with Crippen LogP contribution in [0.4, 0.5) is 0 Å². The van der Waals surface area contributed by atoms with Crippen molar-refractivity contribution in [3.8, 4) is 0 Å². The number of fused-ring (bicyclic) bond motifs is 1. The fourth-order valence-electron chi connectivity index (χ4n) is 2.61. The quantitative estimate of drug-likeness (QED) is 0.889. The molecule has 1 N–H and O–H groups in total. The summed E-state index contributed by atoms with van der Waals surface area (Å²) in [5, 5.41) is 4.20. The number of hydrogen-bond acceptors (Lipinski definition) is 2. The van der Waals surface area contributed by atoms with Crippen molar-refractivity contribution in [2.24, 2.45) is 5.92 Å². The summed E-state index contributed by atoms with van der Waals surface area (Å²) in [5.41, 5.74) is 1.14. The molecule has 2 aromatic rings. The maximum atomic E-state index is 11.8. The van der Waals surface area contributed by atoms with Crippen LogP contribution in [-0.4, -0.2) is 17.7 Å². The SMILES string of the molecule is CNC(Cn1ccc(=O)c2ccccc21)C1CC1. The van der Waals surface area contributed by atoms with Gasteiger partial charge in [0.2, 0.25) is 0 Å². The Bertz CT molecular complexity index is 613. The molecule has 3 heteroatoms. The lowest BCUT2D eigenvalue weighted by molar-refractivity contribution is 0.441. The smallest absolute Gasteiger partial charge is 0.189 e. The van der Waals surface area contributed by atoms with Crippen LogP contribution in [0.5, 0.6) is 0 Å². The molecular weight excluding hydrogens is 224 g/mol. The first-order chi connectivity index (χ1) is 8.79. The highest BCUT2D eigenvalue weighted by atomic mass is 16.1. The van der Waals surface area contributed by atoms with E-state index in [1.807, 2.05) is 37.5 Å². The van der Waals surface area contributed by atoms with E-state index >= 15 is 0 Å². The molecule has 1 aromatic heterocycles. The van der Waals surface area contributed by atoms with Crippen LogP contribution < -0.4 is 10.7 Å². The van der Waals surface area contributed by atoms with Gasteiger partial charge in [0.25, 0.3) is 0 Å². The van der Waals surface area contributed by atoms with E-state index in [0.29, 0.717) is 6.04 Å². The van der Waals surface area contributed by atoms with Gasteiger partial charge in [0.05, 0.1) is 5.52 Å². The number of nitrogens with one attached hydrogen (secondary N) is 1. The number of likely N-dealkylation sites (N-methyl/N-ethyl adjacent to an activating group) is 1. The minimum Gasteiger partial charge on any atom is -0.346 e. The Morgan fingerprint density at radius 1 is 1.33 bits per heavy atom. The van der Waals surface area contributed by atoms with Gasteiger partial charge >= 0.3 is 0 Å². The summed E-state index contributed by atoms with van der Waals surface area (Å²) >= 11 is 0. The third kappa shape index (κ3) is 2.06.